The zero-order chi connectivity index (χ0) is 13.2. The summed E-state index contributed by atoms with van der Waals surface area (Å²) in [6.07, 6.45) is 1.82. The van der Waals surface area contributed by atoms with Gasteiger partial charge in [-0.05, 0) is 6.92 Å². The summed E-state index contributed by atoms with van der Waals surface area (Å²) in [4.78, 5) is 7.96. The van der Waals surface area contributed by atoms with Crippen molar-refractivity contribution in [2.75, 3.05) is 25.6 Å². The molecular weight excluding hydrogens is 258 g/mol. The first kappa shape index (κ1) is 13.3. The number of nitrogens with one attached hydrogen (secondary N) is 1. The van der Waals surface area contributed by atoms with Gasteiger partial charge in [0.05, 0.1) is 19.4 Å². The van der Waals surface area contributed by atoms with Crippen molar-refractivity contribution in [1.29, 1.82) is 0 Å². The number of methoxy groups -OCH3 is 1. The van der Waals surface area contributed by atoms with Crippen LogP contribution < -0.4 is 10.1 Å². The lowest BCUT2D eigenvalue weighted by atomic mass is 9.97. The molecule has 1 aliphatic heterocycles. The number of ether oxygens (including phenoxy) is 2. The molecule has 6 nitrogen and oxygen atoms in total. The van der Waals surface area contributed by atoms with Crippen LogP contribution in [0.15, 0.2) is 6.20 Å². The van der Waals surface area contributed by atoms with E-state index >= 15 is 0 Å². The molecule has 18 heavy (non-hydrogen) atoms. The third-order valence-electron chi connectivity index (χ3n) is 3.13. The molecule has 2 heterocycles. The second-order valence-corrected chi connectivity index (χ2v) is 4.68. The average Bonchev–Trinajstić information content (AvgIpc) is 2.69. The fraction of sp³-hybridized carbons (Fsp3) is 0.636. The standard InChI is InChI=1S/C11H16ClN3O3/c1-7-11(16,3-4-18-7)6-14-9-8(12)5-13-10(15-9)17-2/h5,7,16H,3-4,6H2,1-2H3,(H,13,14,15). The van der Waals surface area contributed by atoms with Gasteiger partial charge in [0.25, 0.3) is 0 Å². The number of hydrogen-bond acceptors (Lipinski definition) is 6. The molecule has 2 rings (SSSR count). The molecule has 100 valence electrons. The molecule has 1 aromatic rings. The SMILES string of the molecule is COc1ncc(Cl)c(NCC2(O)CCOC2C)n1. The predicted octanol–water partition coefficient (Wildman–Crippen LogP) is 1.09. The maximum atomic E-state index is 10.3. The molecule has 1 saturated heterocycles. The van der Waals surface area contributed by atoms with E-state index in [-0.39, 0.29) is 12.1 Å². The molecule has 2 unspecified atom stereocenters. The highest BCUT2D eigenvalue weighted by molar-refractivity contribution is 6.32. The van der Waals surface area contributed by atoms with E-state index in [0.29, 0.717) is 30.4 Å². The highest BCUT2D eigenvalue weighted by atomic mass is 35.5. The largest absolute Gasteiger partial charge is 0.467 e. The zero-order valence-corrected chi connectivity index (χ0v) is 11.1. The molecule has 0 saturated carbocycles. The fourth-order valence-corrected chi connectivity index (χ4v) is 1.97. The molecule has 2 N–H and O–H groups in total. The van der Waals surface area contributed by atoms with Crippen LogP contribution in [0.5, 0.6) is 6.01 Å². The first-order chi connectivity index (χ1) is 8.55. The number of hydrogen-bond donors (Lipinski definition) is 2. The van der Waals surface area contributed by atoms with Crippen molar-refractivity contribution in [1.82, 2.24) is 9.97 Å². The van der Waals surface area contributed by atoms with Crippen molar-refractivity contribution >= 4 is 17.4 Å². The van der Waals surface area contributed by atoms with E-state index in [1.165, 1.54) is 13.3 Å². The maximum Gasteiger partial charge on any atom is 0.318 e. The van der Waals surface area contributed by atoms with Gasteiger partial charge in [-0.3, -0.25) is 0 Å². The molecule has 1 aliphatic rings. The minimum absolute atomic E-state index is 0.215. The van der Waals surface area contributed by atoms with Gasteiger partial charge in [-0.25, -0.2) is 4.98 Å². The molecule has 0 spiro atoms. The normalized spacial score (nSPS) is 27.2. The Morgan fingerprint density at radius 3 is 3.11 bits per heavy atom. The summed E-state index contributed by atoms with van der Waals surface area (Å²) in [5, 5.41) is 13.7. The minimum Gasteiger partial charge on any atom is -0.467 e. The first-order valence-corrected chi connectivity index (χ1v) is 6.07. The average molecular weight is 274 g/mol. The van der Waals surface area contributed by atoms with Gasteiger partial charge in [0.1, 0.15) is 10.6 Å². The number of halogens is 1. The Bertz CT molecular complexity index is 432. The zero-order valence-electron chi connectivity index (χ0n) is 10.3. The Balaban J connectivity index is 2.05. The summed E-state index contributed by atoms with van der Waals surface area (Å²) >= 11 is 5.96. The highest BCUT2D eigenvalue weighted by Crippen LogP contribution is 2.27. The Hall–Kier alpha value is -1.11. The minimum atomic E-state index is -0.901. The fourth-order valence-electron chi connectivity index (χ4n) is 1.81. The van der Waals surface area contributed by atoms with Crippen molar-refractivity contribution in [3.63, 3.8) is 0 Å². The summed E-state index contributed by atoms with van der Waals surface area (Å²) in [5.41, 5.74) is -0.901. The van der Waals surface area contributed by atoms with Crippen LogP contribution >= 0.6 is 11.6 Å². The Morgan fingerprint density at radius 2 is 2.50 bits per heavy atom. The van der Waals surface area contributed by atoms with Gasteiger partial charge in [0, 0.05) is 19.6 Å². The summed E-state index contributed by atoms with van der Waals surface area (Å²) < 4.78 is 10.3. The van der Waals surface area contributed by atoms with Crippen molar-refractivity contribution in [2.24, 2.45) is 0 Å². The van der Waals surface area contributed by atoms with E-state index in [1.54, 1.807) is 0 Å². The number of aliphatic hydroxyl groups is 1. The van der Waals surface area contributed by atoms with Gasteiger partial charge in [0.2, 0.25) is 0 Å². The topological polar surface area (TPSA) is 76.5 Å². The van der Waals surface area contributed by atoms with Gasteiger partial charge < -0.3 is 19.9 Å². The van der Waals surface area contributed by atoms with E-state index in [2.05, 4.69) is 15.3 Å². The van der Waals surface area contributed by atoms with Crippen LogP contribution in [0.25, 0.3) is 0 Å². The van der Waals surface area contributed by atoms with Gasteiger partial charge in [-0.2, -0.15) is 4.98 Å². The Morgan fingerprint density at radius 1 is 1.72 bits per heavy atom. The van der Waals surface area contributed by atoms with E-state index in [0.717, 1.165) is 0 Å². The van der Waals surface area contributed by atoms with Gasteiger partial charge in [0.15, 0.2) is 5.82 Å². The Labute approximate surface area is 110 Å². The van der Waals surface area contributed by atoms with E-state index in [9.17, 15) is 5.11 Å². The molecular formula is C11H16ClN3O3. The second-order valence-electron chi connectivity index (χ2n) is 4.27. The van der Waals surface area contributed by atoms with Crippen LogP contribution in [0.1, 0.15) is 13.3 Å². The van der Waals surface area contributed by atoms with E-state index < -0.39 is 5.60 Å². The Kier molecular flexibility index (Phi) is 3.89. The summed E-state index contributed by atoms with van der Waals surface area (Å²) in [5.74, 6) is 0.441. The van der Waals surface area contributed by atoms with E-state index in [1.807, 2.05) is 6.92 Å². The first-order valence-electron chi connectivity index (χ1n) is 5.69. The van der Waals surface area contributed by atoms with Crippen molar-refractivity contribution in [3.05, 3.63) is 11.2 Å². The van der Waals surface area contributed by atoms with Crippen molar-refractivity contribution in [3.8, 4) is 6.01 Å². The van der Waals surface area contributed by atoms with Crippen LogP contribution in [-0.2, 0) is 4.74 Å². The maximum absolute atomic E-state index is 10.3. The highest BCUT2D eigenvalue weighted by Gasteiger charge is 2.39. The van der Waals surface area contributed by atoms with Gasteiger partial charge >= 0.3 is 6.01 Å². The summed E-state index contributed by atoms with van der Waals surface area (Å²) in [7, 11) is 1.48. The van der Waals surface area contributed by atoms with Gasteiger partial charge in [-0.1, -0.05) is 11.6 Å². The quantitative estimate of drug-likeness (QED) is 0.855. The summed E-state index contributed by atoms with van der Waals surface area (Å²) in [6, 6.07) is 0.226. The number of aromatic nitrogens is 2. The van der Waals surface area contributed by atoms with Crippen LogP contribution in [0, 0.1) is 0 Å². The summed E-state index contributed by atoms with van der Waals surface area (Å²) in [6.45, 7) is 2.71. The van der Waals surface area contributed by atoms with E-state index in [4.69, 9.17) is 21.1 Å². The molecule has 0 amide bonds. The van der Waals surface area contributed by atoms with Crippen molar-refractivity contribution < 1.29 is 14.6 Å². The molecule has 0 bridgehead atoms. The van der Waals surface area contributed by atoms with Gasteiger partial charge in [-0.15, -0.1) is 0 Å². The molecule has 0 aliphatic carbocycles. The van der Waals surface area contributed by atoms with Crippen LogP contribution in [0.3, 0.4) is 0 Å². The monoisotopic (exact) mass is 273 g/mol. The molecule has 0 radical (unpaired) electrons. The lowest BCUT2D eigenvalue weighted by Gasteiger charge is -2.26. The molecule has 1 aromatic heterocycles. The molecule has 0 aromatic carbocycles. The molecule has 1 fully saturated rings. The lowest BCUT2D eigenvalue weighted by molar-refractivity contribution is -0.0176. The van der Waals surface area contributed by atoms with Crippen molar-refractivity contribution in [2.45, 2.75) is 25.0 Å². The van der Waals surface area contributed by atoms with Crippen LogP contribution in [-0.4, -0.2) is 47.0 Å². The third-order valence-corrected chi connectivity index (χ3v) is 3.40. The van der Waals surface area contributed by atoms with Crippen LogP contribution in [0.2, 0.25) is 5.02 Å². The lowest BCUT2D eigenvalue weighted by Crippen LogP contribution is -2.43. The second kappa shape index (κ2) is 5.26. The number of rotatable bonds is 4. The third kappa shape index (κ3) is 2.66. The predicted molar refractivity (Wildman–Crippen MR) is 67.1 cm³/mol. The molecule has 7 heteroatoms. The number of anilines is 1. The smallest absolute Gasteiger partial charge is 0.318 e. The van der Waals surface area contributed by atoms with Crippen LogP contribution in [0.4, 0.5) is 5.82 Å². The molecule has 2 atom stereocenters. The number of nitrogens with zero attached hydrogens (tertiary/aromatic N) is 2.